The van der Waals surface area contributed by atoms with E-state index in [1.165, 1.54) is 24.3 Å². The molecule has 6 heteroatoms. The molecule has 0 amide bonds. The molecule has 0 radical (unpaired) electrons. The fourth-order valence-electron chi connectivity index (χ4n) is 3.22. The molecule has 1 saturated carbocycles. The zero-order chi connectivity index (χ0) is 14.9. The first-order chi connectivity index (χ1) is 10.1. The molecule has 1 heterocycles. The summed E-state index contributed by atoms with van der Waals surface area (Å²) in [6.07, 6.45) is 3.80. The summed E-state index contributed by atoms with van der Waals surface area (Å²) < 4.78 is 33.1. The average molecular weight is 306 g/mol. The summed E-state index contributed by atoms with van der Waals surface area (Å²) in [5.74, 6) is 0. The first-order valence-corrected chi connectivity index (χ1v) is 8.64. The molecule has 1 N–H and O–H groups in total. The van der Waals surface area contributed by atoms with Crippen LogP contribution in [0.3, 0.4) is 0 Å². The van der Waals surface area contributed by atoms with E-state index in [1.807, 2.05) is 6.07 Å². The SMILES string of the molecule is N#Cc1ccc(S(=O)(=O)NC2CCC23CCOCC3)cc1. The molecule has 2 fully saturated rings. The molecule has 1 unspecified atom stereocenters. The molecule has 1 aliphatic carbocycles. The smallest absolute Gasteiger partial charge is 0.240 e. The minimum atomic E-state index is -3.52. The number of hydrogen-bond acceptors (Lipinski definition) is 4. The van der Waals surface area contributed by atoms with Crippen molar-refractivity contribution in [3.05, 3.63) is 29.8 Å². The molecule has 1 spiro atoms. The van der Waals surface area contributed by atoms with Gasteiger partial charge in [-0.25, -0.2) is 13.1 Å². The van der Waals surface area contributed by atoms with Crippen LogP contribution in [0.25, 0.3) is 0 Å². The summed E-state index contributed by atoms with van der Waals surface area (Å²) in [6, 6.07) is 8.01. The molecule has 1 aromatic rings. The lowest BCUT2D eigenvalue weighted by Gasteiger charge is -2.51. The number of nitrogens with zero attached hydrogens (tertiary/aromatic N) is 1. The number of ether oxygens (including phenoxy) is 1. The second-order valence-electron chi connectivity index (χ2n) is 5.82. The van der Waals surface area contributed by atoms with Crippen LogP contribution in [0.15, 0.2) is 29.2 Å². The van der Waals surface area contributed by atoms with Crippen LogP contribution in [-0.2, 0) is 14.8 Å². The van der Waals surface area contributed by atoms with Gasteiger partial charge in [-0.05, 0) is 55.4 Å². The van der Waals surface area contributed by atoms with Crippen molar-refractivity contribution in [2.24, 2.45) is 5.41 Å². The number of rotatable bonds is 3. The van der Waals surface area contributed by atoms with E-state index in [4.69, 9.17) is 10.00 Å². The Morgan fingerprint density at radius 3 is 2.38 bits per heavy atom. The predicted octanol–water partition coefficient (Wildman–Crippen LogP) is 1.80. The molecule has 112 valence electrons. The van der Waals surface area contributed by atoms with E-state index in [9.17, 15) is 8.42 Å². The number of nitriles is 1. The maximum atomic E-state index is 12.4. The second-order valence-corrected chi connectivity index (χ2v) is 7.54. The molecule has 1 atom stereocenters. The molecule has 21 heavy (non-hydrogen) atoms. The molecule has 1 saturated heterocycles. The molecule has 0 bridgehead atoms. The number of benzene rings is 1. The third-order valence-corrected chi connectivity index (χ3v) is 6.24. The molecular formula is C15H18N2O3S. The lowest BCUT2D eigenvalue weighted by molar-refractivity contribution is -0.0483. The molecule has 1 aliphatic heterocycles. The summed E-state index contributed by atoms with van der Waals surface area (Å²) >= 11 is 0. The third-order valence-electron chi connectivity index (χ3n) is 4.75. The fourth-order valence-corrected chi connectivity index (χ4v) is 4.59. The molecule has 3 rings (SSSR count). The summed E-state index contributed by atoms with van der Waals surface area (Å²) in [5.41, 5.74) is 0.538. The molecule has 0 aromatic heterocycles. The maximum absolute atomic E-state index is 12.4. The van der Waals surface area contributed by atoms with Gasteiger partial charge in [0.1, 0.15) is 0 Å². The zero-order valence-corrected chi connectivity index (χ0v) is 12.5. The van der Waals surface area contributed by atoms with E-state index in [-0.39, 0.29) is 16.4 Å². The van der Waals surface area contributed by atoms with E-state index in [1.54, 1.807) is 0 Å². The Kier molecular flexibility index (Phi) is 3.74. The van der Waals surface area contributed by atoms with Gasteiger partial charge in [-0.1, -0.05) is 0 Å². The zero-order valence-electron chi connectivity index (χ0n) is 11.7. The summed E-state index contributed by atoms with van der Waals surface area (Å²) in [7, 11) is -3.52. The van der Waals surface area contributed by atoms with Crippen LogP contribution in [0, 0.1) is 16.7 Å². The van der Waals surface area contributed by atoms with Crippen LogP contribution >= 0.6 is 0 Å². The van der Waals surface area contributed by atoms with E-state index in [2.05, 4.69) is 4.72 Å². The van der Waals surface area contributed by atoms with Crippen molar-refractivity contribution in [2.75, 3.05) is 13.2 Å². The third kappa shape index (κ3) is 2.69. The lowest BCUT2D eigenvalue weighted by atomic mass is 9.60. The van der Waals surface area contributed by atoms with Crippen LogP contribution < -0.4 is 4.72 Å². The highest BCUT2D eigenvalue weighted by Crippen LogP contribution is 2.49. The summed E-state index contributed by atoms with van der Waals surface area (Å²) in [5, 5.41) is 8.76. The van der Waals surface area contributed by atoms with Crippen LogP contribution in [0.4, 0.5) is 0 Å². The van der Waals surface area contributed by atoms with Crippen molar-refractivity contribution in [1.29, 1.82) is 5.26 Å². The predicted molar refractivity (Wildman–Crippen MR) is 77.0 cm³/mol. The highest BCUT2D eigenvalue weighted by molar-refractivity contribution is 7.89. The van der Waals surface area contributed by atoms with Gasteiger partial charge in [0.05, 0.1) is 16.5 Å². The Hall–Kier alpha value is -1.42. The van der Waals surface area contributed by atoms with E-state index < -0.39 is 10.0 Å². The van der Waals surface area contributed by atoms with Gasteiger partial charge in [-0.3, -0.25) is 0 Å². The Labute approximate surface area is 125 Å². The van der Waals surface area contributed by atoms with Crippen LogP contribution in [0.5, 0.6) is 0 Å². The Balaban J connectivity index is 1.75. The topological polar surface area (TPSA) is 79.2 Å². The van der Waals surface area contributed by atoms with E-state index in [0.717, 1.165) is 38.9 Å². The quantitative estimate of drug-likeness (QED) is 0.923. The Morgan fingerprint density at radius 1 is 1.19 bits per heavy atom. The summed E-state index contributed by atoms with van der Waals surface area (Å²) in [4.78, 5) is 0.218. The highest BCUT2D eigenvalue weighted by Gasteiger charge is 2.48. The number of sulfonamides is 1. The minimum absolute atomic E-state index is 0.00189. The van der Waals surface area contributed by atoms with Gasteiger partial charge in [0.25, 0.3) is 0 Å². The fraction of sp³-hybridized carbons (Fsp3) is 0.533. The molecule has 2 aliphatic rings. The van der Waals surface area contributed by atoms with Crippen LogP contribution in [0.1, 0.15) is 31.2 Å². The second kappa shape index (κ2) is 5.41. The lowest BCUT2D eigenvalue weighted by Crippen LogP contribution is -2.57. The normalized spacial score (nSPS) is 24.2. The Bertz CT molecular complexity index is 655. The van der Waals surface area contributed by atoms with Gasteiger partial charge in [-0.15, -0.1) is 0 Å². The van der Waals surface area contributed by atoms with Gasteiger partial charge in [0.2, 0.25) is 10.0 Å². The first kappa shape index (κ1) is 14.5. The van der Waals surface area contributed by atoms with Crippen molar-refractivity contribution < 1.29 is 13.2 Å². The average Bonchev–Trinajstić information content (AvgIpc) is 2.52. The molecule has 1 aromatic carbocycles. The van der Waals surface area contributed by atoms with Crippen LogP contribution in [-0.4, -0.2) is 27.7 Å². The van der Waals surface area contributed by atoms with Gasteiger partial charge in [0, 0.05) is 19.3 Å². The van der Waals surface area contributed by atoms with Crippen molar-refractivity contribution in [1.82, 2.24) is 4.72 Å². The van der Waals surface area contributed by atoms with Crippen molar-refractivity contribution in [3.8, 4) is 6.07 Å². The molecule has 5 nitrogen and oxygen atoms in total. The van der Waals surface area contributed by atoms with Crippen molar-refractivity contribution in [3.63, 3.8) is 0 Å². The molecular weight excluding hydrogens is 288 g/mol. The van der Waals surface area contributed by atoms with Gasteiger partial charge in [0.15, 0.2) is 0 Å². The minimum Gasteiger partial charge on any atom is -0.381 e. The van der Waals surface area contributed by atoms with E-state index >= 15 is 0 Å². The Morgan fingerprint density at radius 2 is 1.86 bits per heavy atom. The number of hydrogen-bond donors (Lipinski definition) is 1. The monoisotopic (exact) mass is 306 g/mol. The van der Waals surface area contributed by atoms with Crippen molar-refractivity contribution >= 4 is 10.0 Å². The van der Waals surface area contributed by atoms with Gasteiger partial charge < -0.3 is 4.74 Å². The van der Waals surface area contributed by atoms with E-state index in [0.29, 0.717) is 5.56 Å². The van der Waals surface area contributed by atoms with Gasteiger partial charge >= 0.3 is 0 Å². The van der Waals surface area contributed by atoms with Gasteiger partial charge in [-0.2, -0.15) is 5.26 Å². The maximum Gasteiger partial charge on any atom is 0.240 e. The van der Waals surface area contributed by atoms with Crippen LogP contribution in [0.2, 0.25) is 0 Å². The standard InChI is InChI=1S/C15H18N2O3S/c16-11-12-1-3-13(4-2-12)21(18,19)17-14-5-6-15(14)7-9-20-10-8-15/h1-4,14,17H,5-10H2. The van der Waals surface area contributed by atoms with Crippen molar-refractivity contribution in [2.45, 2.75) is 36.6 Å². The highest BCUT2D eigenvalue weighted by atomic mass is 32.2. The summed E-state index contributed by atoms with van der Waals surface area (Å²) in [6.45, 7) is 1.43. The number of nitrogens with one attached hydrogen (secondary N) is 1. The largest absolute Gasteiger partial charge is 0.381 e. The first-order valence-electron chi connectivity index (χ1n) is 7.16.